The minimum absolute atomic E-state index is 0.00625. The van der Waals surface area contributed by atoms with Gasteiger partial charge in [-0.3, -0.25) is 4.79 Å². The number of amides is 1. The molecule has 108 valence electrons. The van der Waals surface area contributed by atoms with Crippen LogP contribution in [0.4, 0.5) is 0 Å². The van der Waals surface area contributed by atoms with Gasteiger partial charge in [0, 0.05) is 13.6 Å². The molecule has 0 aliphatic heterocycles. The van der Waals surface area contributed by atoms with Crippen molar-refractivity contribution in [2.45, 2.75) is 11.8 Å². The summed E-state index contributed by atoms with van der Waals surface area (Å²) in [4.78, 5) is 11.2. The summed E-state index contributed by atoms with van der Waals surface area (Å²) in [7, 11) is -2.65. The van der Waals surface area contributed by atoms with Gasteiger partial charge in [0.25, 0.3) is 0 Å². The van der Waals surface area contributed by atoms with Crippen molar-refractivity contribution in [2.24, 2.45) is 0 Å². The third-order valence-electron chi connectivity index (χ3n) is 2.49. The fraction of sp³-hybridized carbons (Fsp3) is 0.333. The van der Waals surface area contributed by atoms with Crippen molar-refractivity contribution < 1.29 is 13.2 Å². The maximum absolute atomic E-state index is 12.3. The zero-order valence-electron chi connectivity index (χ0n) is 11.1. The summed E-state index contributed by atoms with van der Waals surface area (Å²) < 4.78 is 25.5. The zero-order valence-corrected chi connectivity index (χ0v) is 12.6. The molecule has 1 aromatic carbocycles. The number of benzene rings is 1. The van der Waals surface area contributed by atoms with E-state index in [4.69, 9.17) is 16.9 Å². The summed E-state index contributed by atoms with van der Waals surface area (Å²) >= 11 is 5.86. The molecule has 0 spiro atoms. The average molecular weight is 316 g/mol. The van der Waals surface area contributed by atoms with Gasteiger partial charge < -0.3 is 5.32 Å². The van der Waals surface area contributed by atoms with Crippen molar-refractivity contribution in [3.05, 3.63) is 28.8 Å². The maximum atomic E-state index is 12.3. The minimum atomic E-state index is -3.93. The quantitative estimate of drug-likeness (QED) is 0.876. The number of nitrogens with one attached hydrogen (secondary N) is 1. The number of nitriles is 1. The van der Waals surface area contributed by atoms with E-state index in [1.165, 1.54) is 25.2 Å². The molecule has 20 heavy (non-hydrogen) atoms. The first-order valence-corrected chi connectivity index (χ1v) is 7.57. The second kappa shape index (κ2) is 6.70. The Kier molecular flexibility index (Phi) is 5.51. The van der Waals surface area contributed by atoms with Crippen LogP contribution in [0.15, 0.2) is 23.1 Å². The number of likely N-dealkylation sites (N-methyl/N-ethyl adjacent to an activating group) is 2. The molecule has 0 radical (unpaired) electrons. The Labute approximate surface area is 123 Å². The first kappa shape index (κ1) is 16.4. The van der Waals surface area contributed by atoms with Gasteiger partial charge in [0.2, 0.25) is 15.9 Å². The average Bonchev–Trinajstić information content (AvgIpc) is 2.39. The second-order valence-corrected chi connectivity index (χ2v) is 6.39. The van der Waals surface area contributed by atoms with E-state index in [2.05, 4.69) is 5.32 Å². The van der Waals surface area contributed by atoms with Crippen LogP contribution in [-0.2, 0) is 14.8 Å². The van der Waals surface area contributed by atoms with Gasteiger partial charge in [-0.05, 0) is 25.1 Å². The number of hydrogen-bond donors (Lipinski definition) is 1. The van der Waals surface area contributed by atoms with Gasteiger partial charge in [-0.25, -0.2) is 8.42 Å². The van der Waals surface area contributed by atoms with Gasteiger partial charge in [0.15, 0.2) is 0 Å². The Balaban J connectivity index is 3.11. The van der Waals surface area contributed by atoms with Gasteiger partial charge in [0.1, 0.15) is 4.90 Å². The van der Waals surface area contributed by atoms with Gasteiger partial charge in [-0.15, -0.1) is 0 Å². The maximum Gasteiger partial charge on any atom is 0.244 e. The highest BCUT2D eigenvalue weighted by Gasteiger charge is 2.25. The molecule has 0 fully saturated rings. The topological polar surface area (TPSA) is 90.3 Å². The van der Waals surface area contributed by atoms with Crippen molar-refractivity contribution in [1.82, 2.24) is 9.62 Å². The molecule has 8 heteroatoms. The van der Waals surface area contributed by atoms with Crippen LogP contribution in [0.5, 0.6) is 0 Å². The zero-order chi connectivity index (χ0) is 15.3. The van der Waals surface area contributed by atoms with E-state index in [1.54, 1.807) is 6.92 Å². The Morgan fingerprint density at radius 1 is 1.50 bits per heavy atom. The monoisotopic (exact) mass is 315 g/mol. The molecule has 1 amide bonds. The Morgan fingerprint density at radius 3 is 2.70 bits per heavy atom. The van der Waals surface area contributed by atoms with Gasteiger partial charge in [-0.2, -0.15) is 9.57 Å². The number of nitrogens with zero attached hydrogens (tertiary/aromatic N) is 2. The normalized spacial score (nSPS) is 11.2. The molecule has 0 aliphatic rings. The standard InChI is InChI=1S/C12H14ClN3O3S/c1-3-15-12(17)8-16(2)20(18,19)11-6-9(7-14)4-5-10(11)13/h4-6H,3,8H2,1-2H3,(H,15,17). The lowest BCUT2D eigenvalue weighted by Gasteiger charge is -2.17. The Morgan fingerprint density at radius 2 is 2.15 bits per heavy atom. The van der Waals surface area contributed by atoms with Crippen LogP contribution in [0.2, 0.25) is 5.02 Å². The van der Waals surface area contributed by atoms with E-state index in [0.29, 0.717) is 6.54 Å². The van der Waals surface area contributed by atoms with Gasteiger partial charge in [-0.1, -0.05) is 11.6 Å². The van der Waals surface area contributed by atoms with E-state index in [0.717, 1.165) is 4.31 Å². The van der Waals surface area contributed by atoms with Crippen LogP contribution in [0.25, 0.3) is 0 Å². The molecule has 1 rings (SSSR count). The smallest absolute Gasteiger partial charge is 0.244 e. The fourth-order valence-corrected chi connectivity index (χ4v) is 3.10. The summed E-state index contributed by atoms with van der Waals surface area (Å²) in [5.41, 5.74) is 0.180. The number of carbonyl (C=O) groups is 1. The number of rotatable bonds is 5. The van der Waals surface area contributed by atoms with E-state index in [1.807, 2.05) is 6.07 Å². The lowest BCUT2D eigenvalue weighted by Crippen LogP contribution is -2.38. The van der Waals surface area contributed by atoms with E-state index < -0.39 is 15.9 Å². The molecule has 0 aliphatic carbocycles. The van der Waals surface area contributed by atoms with Gasteiger partial charge in [0.05, 0.1) is 23.2 Å². The highest BCUT2D eigenvalue weighted by molar-refractivity contribution is 7.89. The molecule has 1 aromatic rings. The van der Waals surface area contributed by atoms with Crippen molar-refractivity contribution in [3.63, 3.8) is 0 Å². The molecule has 1 N–H and O–H groups in total. The minimum Gasteiger partial charge on any atom is -0.355 e. The van der Waals surface area contributed by atoms with E-state index in [-0.39, 0.29) is 22.0 Å². The molecule has 0 aromatic heterocycles. The predicted molar refractivity (Wildman–Crippen MR) is 74.7 cm³/mol. The third-order valence-corrected chi connectivity index (χ3v) is 4.77. The van der Waals surface area contributed by atoms with Gasteiger partial charge >= 0.3 is 0 Å². The highest BCUT2D eigenvalue weighted by Crippen LogP contribution is 2.24. The number of sulfonamides is 1. The number of carbonyl (C=O) groups excluding carboxylic acids is 1. The number of halogens is 1. The van der Waals surface area contributed by atoms with E-state index in [9.17, 15) is 13.2 Å². The summed E-state index contributed by atoms with van der Waals surface area (Å²) in [6.45, 7) is 1.83. The van der Waals surface area contributed by atoms with Crippen LogP contribution < -0.4 is 5.32 Å². The van der Waals surface area contributed by atoms with Crippen LogP contribution in [0, 0.1) is 11.3 Å². The summed E-state index contributed by atoms with van der Waals surface area (Å²) in [5, 5.41) is 11.3. The molecule has 0 unspecified atom stereocenters. The fourth-order valence-electron chi connectivity index (χ4n) is 1.48. The lowest BCUT2D eigenvalue weighted by atomic mass is 10.2. The lowest BCUT2D eigenvalue weighted by molar-refractivity contribution is -0.121. The molecule has 0 saturated heterocycles. The van der Waals surface area contributed by atoms with Crippen LogP contribution in [-0.4, -0.2) is 38.8 Å². The van der Waals surface area contributed by atoms with Crippen LogP contribution in [0.3, 0.4) is 0 Å². The first-order chi connectivity index (χ1) is 9.32. The van der Waals surface area contributed by atoms with Crippen molar-refractivity contribution >= 4 is 27.5 Å². The first-order valence-electron chi connectivity index (χ1n) is 5.75. The molecule has 6 nitrogen and oxygen atoms in total. The molecular formula is C12H14ClN3O3S. The molecule has 0 saturated carbocycles. The van der Waals surface area contributed by atoms with Crippen LogP contribution >= 0.6 is 11.6 Å². The van der Waals surface area contributed by atoms with E-state index >= 15 is 0 Å². The van der Waals surface area contributed by atoms with Crippen molar-refractivity contribution in [2.75, 3.05) is 20.1 Å². The SMILES string of the molecule is CCNC(=O)CN(C)S(=O)(=O)c1cc(C#N)ccc1Cl. The molecule has 0 bridgehead atoms. The summed E-state index contributed by atoms with van der Waals surface area (Å²) in [6.07, 6.45) is 0. The molecule has 0 heterocycles. The second-order valence-electron chi connectivity index (χ2n) is 3.97. The molecular weight excluding hydrogens is 302 g/mol. The Bertz CT molecular complexity index is 652. The van der Waals surface area contributed by atoms with Crippen molar-refractivity contribution in [1.29, 1.82) is 5.26 Å². The predicted octanol–water partition coefficient (Wildman–Crippen LogP) is 0.968. The van der Waals surface area contributed by atoms with Crippen LogP contribution in [0.1, 0.15) is 12.5 Å². The van der Waals surface area contributed by atoms with Crippen molar-refractivity contribution in [3.8, 4) is 6.07 Å². The Hall–Kier alpha value is -1.62. The third kappa shape index (κ3) is 3.70. The summed E-state index contributed by atoms with van der Waals surface area (Å²) in [5.74, 6) is -0.411. The number of hydrogen-bond acceptors (Lipinski definition) is 4. The largest absolute Gasteiger partial charge is 0.355 e. The molecule has 0 atom stereocenters. The highest BCUT2D eigenvalue weighted by atomic mass is 35.5. The summed E-state index contributed by atoms with van der Waals surface area (Å²) in [6, 6.07) is 5.79.